The van der Waals surface area contributed by atoms with Crippen LogP contribution in [-0.4, -0.2) is 481 Å². The van der Waals surface area contributed by atoms with Gasteiger partial charge in [-0.3, -0.25) is 28.8 Å². The van der Waals surface area contributed by atoms with Gasteiger partial charge in [-0.15, -0.1) is 0 Å². The summed E-state index contributed by atoms with van der Waals surface area (Å²) in [5, 5.41) is 252. The van der Waals surface area contributed by atoms with Crippen molar-refractivity contribution in [3.05, 3.63) is 12.3 Å². The van der Waals surface area contributed by atoms with Crippen molar-refractivity contribution in [1.29, 1.82) is 0 Å². The van der Waals surface area contributed by atoms with Crippen LogP contribution in [0.15, 0.2) is 12.3 Å². The topological polar surface area (TPSA) is 704 Å². The maximum atomic E-state index is 13.5. The number of carbonyl (C=O) groups is 6. The first-order valence-electron chi connectivity index (χ1n) is 39.0. The average Bonchev–Trinajstić information content (AvgIpc) is 0.820. The molecule has 122 heavy (non-hydrogen) atoms. The minimum absolute atomic E-state index is 0.00347. The lowest BCUT2D eigenvalue weighted by molar-refractivity contribution is -0.397. The van der Waals surface area contributed by atoms with Crippen LogP contribution in [0.1, 0.15) is 44.9 Å². The number of carboxylic acid groups (broad SMARTS) is 5. The summed E-state index contributed by atoms with van der Waals surface area (Å²) in [6.07, 6.45) is -82.5. The summed E-state index contributed by atoms with van der Waals surface area (Å²) in [5.74, 6) is -10.1. The molecule has 0 aromatic carbocycles. The van der Waals surface area contributed by atoms with Crippen molar-refractivity contribution in [2.24, 2.45) is 0 Å². The molecule has 0 saturated carbocycles. The molecular weight excluding hydrogens is 1790 g/mol. The zero-order valence-electron chi connectivity index (χ0n) is 64.9. The number of esters is 1. The lowest BCUT2D eigenvalue weighted by atomic mass is 9.95. The Morgan fingerprint density at radius 1 is 0.287 bits per heavy atom. The Kier molecular flexibility index (Phi) is 40.1. The second kappa shape index (κ2) is 48.1. The predicted octanol–water partition coefficient (Wildman–Crippen LogP) is -7.43. The Hall–Kier alpha value is -2.47. The van der Waals surface area contributed by atoms with Crippen LogP contribution < -0.4 is 0 Å². The third-order valence-electron chi connectivity index (χ3n) is 21.1. The lowest BCUT2D eigenvalue weighted by Crippen LogP contribution is -2.69. The summed E-state index contributed by atoms with van der Waals surface area (Å²) in [6, 6.07) is 0. The molecule has 28 rings (SSSR count). The number of aliphatic carboxylic acids is 5. The molecule has 28 fully saturated rings. The van der Waals surface area contributed by atoms with E-state index < -0.39 is 320 Å². The second-order valence-corrected chi connectivity index (χ2v) is 38.0. The molecule has 28 heterocycles. The van der Waals surface area contributed by atoms with Gasteiger partial charge in [-0.05, 0) is 0 Å². The van der Waals surface area contributed by atoms with Crippen molar-refractivity contribution in [2.45, 2.75) is 291 Å². The highest BCUT2D eigenvalue weighted by atomic mass is 32.2. The highest BCUT2D eigenvalue weighted by Gasteiger charge is 2.61. The van der Waals surface area contributed by atoms with Crippen molar-refractivity contribution in [3.8, 4) is 0 Å². The van der Waals surface area contributed by atoms with Crippen LogP contribution >= 0.6 is 82.3 Å². The summed E-state index contributed by atoms with van der Waals surface area (Å²) in [5.41, 5.74) is 0. The van der Waals surface area contributed by atoms with E-state index in [1.807, 2.05) is 0 Å². The van der Waals surface area contributed by atoms with Gasteiger partial charge < -0.3 is 193 Å². The first kappa shape index (κ1) is 102. The number of hydrogen-bond donors (Lipinski definition) is 22. The summed E-state index contributed by atoms with van der Waals surface area (Å²) in [6.45, 7) is 2.69. The van der Waals surface area contributed by atoms with E-state index in [1.165, 1.54) is 0 Å². The number of ether oxygens (including phenoxy) is 17. The molecule has 40 atom stereocenters. The van der Waals surface area contributed by atoms with Gasteiger partial charge in [0.05, 0.1) is 87.0 Å². The zero-order chi connectivity index (χ0) is 88.7. The molecule has 0 amide bonds. The Labute approximate surface area is 725 Å². The molecule has 22 N–H and O–H groups in total. The number of hydrogen-bond acceptors (Lipinski definition) is 47. The van der Waals surface area contributed by atoms with Crippen LogP contribution in [-0.2, 0) is 109 Å². The summed E-state index contributed by atoms with van der Waals surface area (Å²) < 4.78 is 106. The number of carbonyl (C=O) groups excluding carboxylic acids is 1. The minimum Gasteiger partial charge on any atom is -0.513 e. The van der Waals surface area contributed by atoms with Crippen LogP contribution in [0.5, 0.6) is 0 Å². The molecule has 0 spiro atoms. The molecule has 0 unspecified atom stereocenters. The number of allylic oxidation sites excluding steroid dienone is 1. The van der Waals surface area contributed by atoms with Crippen molar-refractivity contribution in [3.63, 3.8) is 0 Å². The van der Waals surface area contributed by atoms with E-state index in [1.54, 1.807) is 0 Å². The number of rotatable bonds is 30. The van der Waals surface area contributed by atoms with E-state index >= 15 is 0 Å². The smallest absolute Gasteiger partial charge is 0.306 e. The van der Waals surface area contributed by atoms with Gasteiger partial charge in [-0.2, -0.15) is 82.3 Å². The van der Waals surface area contributed by atoms with E-state index in [9.17, 15) is 141 Å². The van der Waals surface area contributed by atoms with Crippen LogP contribution in [0.3, 0.4) is 0 Å². The van der Waals surface area contributed by atoms with Crippen LogP contribution in [0.2, 0.25) is 0 Å². The molecule has 18 bridgehead atoms. The van der Waals surface area contributed by atoms with E-state index in [4.69, 9.17) is 80.5 Å². The Morgan fingerprint density at radius 2 is 0.492 bits per heavy atom. The molecule has 28 aliphatic heterocycles. The van der Waals surface area contributed by atoms with Gasteiger partial charge in [-0.25, -0.2) is 0 Å². The summed E-state index contributed by atoms with van der Waals surface area (Å²) in [7, 11) is 0. The molecule has 28 saturated heterocycles. The van der Waals surface area contributed by atoms with E-state index in [-0.39, 0.29) is 99.1 Å². The normalized spacial score (nSPS) is 43.8. The molecule has 0 aliphatic carbocycles. The fourth-order valence-electron chi connectivity index (χ4n) is 14.6. The minimum atomic E-state index is -2.29. The first-order chi connectivity index (χ1) is 58.0. The fourth-order valence-corrected chi connectivity index (χ4v) is 21.5. The first-order valence-corrected chi connectivity index (χ1v) is 47.1. The molecule has 0 aromatic rings. The van der Waals surface area contributed by atoms with Crippen LogP contribution in [0, 0.1) is 0 Å². The van der Waals surface area contributed by atoms with E-state index in [0.29, 0.717) is 0 Å². The van der Waals surface area contributed by atoms with Crippen molar-refractivity contribution >= 4 is 118 Å². The highest BCUT2D eigenvalue weighted by molar-refractivity contribution is 8.00. The largest absolute Gasteiger partial charge is 0.513 e. The summed E-state index contributed by atoms with van der Waals surface area (Å²) >= 11 is 6.62. The Balaban J connectivity index is 1.02. The van der Waals surface area contributed by atoms with Gasteiger partial charge in [0.2, 0.25) is 0 Å². The molecule has 0 aromatic heterocycles. The number of carboxylic acids is 5. The van der Waals surface area contributed by atoms with Crippen molar-refractivity contribution in [2.75, 3.05) is 87.1 Å². The zero-order valence-corrected chi connectivity index (χ0v) is 70.7. The highest BCUT2D eigenvalue weighted by Crippen LogP contribution is 2.43. The van der Waals surface area contributed by atoms with Gasteiger partial charge in [0, 0.05) is 87.0 Å². The number of cyclic esters (lactones) is 1. The van der Waals surface area contributed by atoms with Crippen molar-refractivity contribution in [1.82, 2.24) is 0 Å². The maximum absolute atomic E-state index is 13.5. The Morgan fingerprint density at radius 3 is 0.730 bits per heavy atom. The fraction of sp³-hybridized carbons (Fsp3) is 0.886. The average molecular weight is 1890 g/mol. The monoisotopic (exact) mass is 1890 g/mol. The SMILES string of the molecule is C=C(O)CCSC[C@H]1O[C@@H]2O[C@H]3[C@H](O)[C@@H](O)[C@H]4O[C@H]5[C@H](O)[C@@H](O)[C@@H](O[C@H]6[C@H](O)[C@@H](O)[C@@H](O[C@H]7[C@H](O)[C@@H](O)[C@@H](O[C@H]8[C@H](O)[C@@H](O)[C@@H](O[C@H]9[C@H](O)[C@@H](O)[C@@H](O[C@H]%10[C@H](O)[C@@H](O)[C@@H](O[C@H]1[C@H](O)[C@H]2O)O[C@@H]%10CSCCC(=O)O)O[C@@H]9CSCCC(=O)O)O[C@@H]8CSCCC(=O)O)O[C@@H]7CSCCC(=O)O)O[C@@H]6CSCCC(=O)O)O[C@@H]5CSCCC(=O)OC[C@H]3O4. The number of aliphatic hydroxyl groups is 17. The van der Waals surface area contributed by atoms with E-state index in [0.717, 1.165) is 82.3 Å². The number of thioether (sulfide) groups is 7. The second-order valence-electron chi connectivity index (χ2n) is 30.0. The third kappa shape index (κ3) is 26.9. The van der Waals surface area contributed by atoms with Gasteiger partial charge in [-0.1, -0.05) is 6.58 Å². The van der Waals surface area contributed by atoms with Gasteiger partial charge in [0.1, 0.15) is 159 Å². The lowest BCUT2D eigenvalue weighted by Gasteiger charge is -2.51. The van der Waals surface area contributed by atoms with Gasteiger partial charge >= 0.3 is 35.8 Å². The Bertz CT molecular complexity index is 3240. The third-order valence-corrected chi connectivity index (χ3v) is 28.5. The standard InChI is InChI=1S/C70H108O45S7/c1-24(71)2-9-116-17-26-57-40(84)48(92)64(101-26)108-55-25-16-99-38(82)8-15-122-23-32-56(109-63(100-25)47(91)39(55)83)41(85)49(93)70(107-32)115-62-31(22-121-14-7-37(80)81)106-69(54(98)46(62)90)114-61-30(21-120-13-6-36(78)79)105-68(53(97)45(61)89)113-60-29(20-119-12-5-35(76)77)104-67(52(96)44(60)88)112-59-28(19-118-11-4-34(74)75)103-66(51(95)43(59)87)111-58-27(18-117-10-3-33(72)73)102-65(110-57)50(94)42(58)86/h25-32,39-71,83-98H,1-23H2,(H,72,73)(H,74,75)(H,76,77)(H,78,79)(H,80,81)/t25-,26-,27-,28-,29-,30-,31-,32-,39-,40-,41-,42-,43-,44-,45-,46-,47-,48-,49-,50-,51-,52-,53-,54-,55-,56-,57-,58-,59-,60-,61-,62-,63-,64-,65-,66-,67-,68-,69-,70-/m1/s1. The number of aliphatic hydroxyl groups excluding tert-OH is 17. The predicted molar refractivity (Wildman–Crippen MR) is 419 cm³/mol. The summed E-state index contributed by atoms with van der Waals surface area (Å²) in [4.78, 5) is 72.3. The van der Waals surface area contributed by atoms with Crippen LogP contribution in [0.4, 0.5) is 0 Å². The maximum Gasteiger partial charge on any atom is 0.306 e. The van der Waals surface area contributed by atoms with Crippen LogP contribution in [0.25, 0.3) is 0 Å². The van der Waals surface area contributed by atoms with E-state index in [2.05, 4.69) is 6.58 Å². The molecule has 700 valence electrons. The molecule has 45 nitrogen and oxygen atoms in total. The van der Waals surface area contributed by atoms with Gasteiger partial charge in [0.15, 0.2) is 50.3 Å². The molecule has 52 heteroatoms. The quantitative estimate of drug-likeness (QED) is 0.0180. The molecule has 0 radical (unpaired) electrons. The molecular formula is C70H108O45S7. The van der Waals surface area contributed by atoms with Gasteiger partial charge in [0.25, 0.3) is 0 Å². The van der Waals surface area contributed by atoms with Crippen molar-refractivity contribution < 1.29 is 222 Å². The molecule has 28 aliphatic rings.